The minimum absolute atomic E-state index is 0.218. The molecule has 1 rings (SSSR count). The average Bonchev–Trinajstić information content (AvgIpc) is 2.40. The van der Waals surface area contributed by atoms with Gasteiger partial charge in [0, 0.05) is 6.54 Å². The van der Waals surface area contributed by atoms with Gasteiger partial charge in [-0.15, -0.1) is 6.58 Å². The molecule has 0 aliphatic heterocycles. The maximum atomic E-state index is 5.74. The second kappa shape index (κ2) is 10.8. The quantitative estimate of drug-likeness (QED) is 0.727. The van der Waals surface area contributed by atoms with E-state index in [0.717, 1.165) is 6.42 Å². The summed E-state index contributed by atoms with van der Waals surface area (Å²) in [5.41, 5.74) is 9.99. The van der Waals surface area contributed by atoms with Gasteiger partial charge in [0.15, 0.2) is 0 Å². The molecule has 0 unspecified atom stereocenters. The molecule has 1 aromatic carbocycles. The van der Waals surface area contributed by atoms with Crippen LogP contribution in [0.4, 0.5) is 0 Å². The monoisotopic (exact) mass is 263 g/mol. The van der Waals surface area contributed by atoms with Crippen LogP contribution in [0, 0.1) is 0 Å². The molecule has 1 heteroatoms. The molecule has 0 amide bonds. The fourth-order valence-corrected chi connectivity index (χ4v) is 1.63. The van der Waals surface area contributed by atoms with Gasteiger partial charge in [-0.2, -0.15) is 0 Å². The molecule has 0 saturated carbocycles. The first kappa shape index (κ1) is 20.2. The number of nitrogens with two attached hydrogens (primary N) is 1. The van der Waals surface area contributed by atoms with Crippen molar-refractivity contribution in [3.8, 4) is 0 Å². The highest BCUT2D eigenvalue weighted by atomic mass is 14.5. The van der Waals surface area contributed by atoms with Crippen LogP contribution in [-0.2, 0) is 18.4 Å². The Hall–Kier alpha value is -1.08. The van der Waals surface area contributed by atoms with Crippen LogP contribution in [-0.4, -0.2) is 0 Å². The molecule has 1 aromatic rings. The van der Waals surface area contributed by atoms with E-state index >= 15 is 0 Å². The van der Waals surface area contributed by atoms with Crippen molar-refractivity contribution < 1.29 is 0 Å². The van der Waals surface area contributed by atoms with E-state index in [1.807, 2.05) is 20.8 Å². The molecule has 0 aromatic heterocycles. The molecule has 0 atom stereocenters. The first-order valence-electron chi connectivity index (χ1n) is 7.30. The minimum Gasteiger partial charge on any atom is -0.326 e. The van der Waals surface area contributed by atoms with Crippen LogP contribution in [0.5, 0.6) is 0 Å². The van der Waals surface area contributed by atoms with Gasteiger partial charge in [-0.3, -0.25) is 0 Å². The number of allylic oxidation sites excluding steroid dienone is 1. The van der Waals surface area contributed by atoms with Crippen LogP contribution in [0.2, 0.25) is 0 Å². The van der Waals surface area contributed by atoms with Gasteiger partial charge in [0.25, 0.3) is 0 Å². The van der Waals surface area contributed by atoms with Crippen LogP contribution in [0.3, 0.4) is 0 Å². The zero-order valence-corrected chi connectivity index (χ0v) is 14.0. The maximum absolute atomic E-state index is 5.74. The number of aryl methyl sites for hydroxylation is 1. The van der Waals surface area contributed by atoms with Crippen molar-refractivity contribution in [2.75, 3.05) is 0 Å². The molecule has 0 heterocycles. The predicted molar refractivity (Wildman–Crippen MR) is 89.6 cm³/mol. The van der Waals surface area contributed by atoms with Gasteiger partial charge >= 0.3 is 0 Å². The van der Waals surface area contributed by atoms with Crippen LogP contribution in [0.1, 0.15) is 65.2 Å². The van der Waals surface area contributed by atoms with Crippen molar-refractivity contribution >= 4 is 0 Å². The molecule has 0 aliphatic rings. The highest BCUT2D eigenvalue weighted by Crippen LogP contribution is 2.24. The van der Waals surface area contributed by atoms with Crippen molar-refractivity contribution in [2.45, 2.75) is 66.8 Å². The molecule has 0 spiro atoms. The Balaban J connectivity index is 0. The minimum atomic E-state index is 0.218. The second-order valence-corrected chi connectivity index (χ2v) is 5.20. The van der Waals surface area contributed by atoms with Gasteiger partial charge in [0.1, 0.15) is 0 Å². The Morgan fingerprint density at radius 3 is 1.95 bits per heavy atom. The SMILES string of the molecule is C=CC.CC.CCc1ccc(C(C)(C)C)cc1CN. The van der Waals surface area contributed by atoms with Gasteiger partial charge in [0.2, 0.25) is 0 Å². The lowest BCUT2D eigenvalue weighted by Gasteiger charge is -2.20. The number of rotatable bonds is 2. The normalized spacial score (nSPS) is 9.68. The smallest absolute Gasteiger partial charge is 0.0180 e. The summed E-state index contributed by atoms with van der Waals surface area (Å²) >= 11 is 0. The fraction of sp³-hybridized carbons (Fsp3) is 0.556. The Morgan fingerprint density at radius 2 is 1.63 bits per heavy atom. The Kier molecular flexibility index (Phi) is 11.5. The van der Waals surface area contributed by atoms with Crippen LogP contribution >= 0.6 is 0 Å². The summed E-state index contributed by atoms with van der Waals surface area (Å²) in [5.74, 6) is 0. The van der Waals surface area contributed by atoms with Crippen LogP contribution in [0.25, 0.3) is 0 Å². The van der Waals surface area contributed by atoms with E-state index in [-0.39, 0.29) is 5.41 Å². The topological polar surface area (TPSA) is 26.0 Å². The van der Waals surface area contributed by atoms with Gasteiger partial charge < -0.3 is 5.73 Å². The molecule has 0 aliphatic carbocycles. The third-order valence-corrected chi connectivity index (χ3v) is 2.67. The molecule has 0 fully saturated rings. The predicted octanol–water partition coefficient (Wildman–Crippen LogP) is 5.22. The lowest BCUT2D eigenvalue weighted by atomic mass is 9.85. The molecule has 110 valence electrons. The number of hydrogen-bond acceptors (Lipinski definition) is 1. The molecule has 0 bridgehead atoms. The Bertz CT molecular complexity index is 345. The van der Waals surface area contributed by atoms with Gasteiger partial charge in [0.05, 0.1) is 0 Å². The summed E-state index contributed by atoms with van der Waals surface area (Å²) in [6, 6.07) is 6.68. The zero-order chi connectivity index (χ0) is 15.5. The first-order chi connectivity index (χ1) is 8.90. The summed E-state index contributed by atoms with van der Waals surface area (Å²) in [6.45, 7) is 18.8. The van der Waals surface area contributed by atoms with E-state index in [0.29, 0.717) is 6.54 Å². The Morgan fingerprint density at radius 1 is 1.16 bits per heavy atom. The van der Waals surface area contributed by atoms with Crippen molar-refractivity contribution in [3.05, 3.63) is 47.5 Å². The summed E-state index contributed by atoms with van der Waals surface area (Å²) in [5, 5.41) is 0. The van der Waals surface area contributed by atoms with E-state index in [9.17, 15) is 0 Å². The van der Waals surface area contributed by atoms with Crippen molar-refractivity contribution in [1.29, 1.82) is 0 Å². The molecule has 2 N–H and O–H groups in total. The van der Waals surface area contributed by atoms with Crippen molar-refractivity contribution in [2.24, 2.45) is 5.73 Å². The standard InChI is InChI=1S/C13H21N.C3H6.C2H6/c1-5-10-6-7-12(13(2,3)4)8-11(10)9-14;1-3-2;1-2/h6-8H,5,9,14H2,1-4H3;3H,1H2,2H3;1-2H3. The molecule has 0 saturated heterocycles. The summed E-state index contributed by atoms with van der Waals surface area (Å²) in [6.07, 6.45) is 2.82. The zero-order valence-electron chi connectivity index (χ0n) is 14.0. The van der Waals surface area contributed by atoms with Crippen molar-refractivity contribution in [1.82, 2.24) is 0 Å². The lowest BCUT2D eigenvalue weighted by molar-refractivity contribution is 0.589. The van der Waals surface area contributed by atoms with Gasteiger partial charge in [-0.05, 0) is 35.4 Å². The molecule has 0 radical (unpaired) electrons. The van der Waals surface area contributed by atoms with E-state index in [4.69, 9.17) is 5.73 Å². The molecular weight excluding hydrogens is 230 g/mol. The largest absolute Gasteiger partial charge is 0.326 e. The summed E-state index contributed by atoms with van der Waals surface area (Å²) < 4.78 is 0. The van der Waals surface area contributed by atoms with Crippen LogP contribution in [0.15, 0.2) is 30.9 Å². The number of benzene rings is 1. The van der Waals surface area contributed by atoms with Gasteiger partial charge in [-0.1, -0.05) is 65.8 Å². The summed E-state index contributed by atoms with van der Waals surface area (Å²) in [7, 11) is 0. The van der Waals surface area contributed by atoms with E-state index in [1.54, 1.807) is 6.08 Å². The highest BCUT2D eigenvalue weighted by Gasteiger charge is 2.14. The van der Waals surface area contributed by atoms with E-state index in [1.165, 1.54) is 16.7 Å². The number of hydrogen-bond donors (Lipinski definition) is 1. The van der Waals surface area contributed by atoms with Crippen molar-refractivity contribution in [3.63, 3.8) is 0 Å². The average molecular weight is 263 g/mol. The third-order valence-electron chi connectivity index (χ3n) is 2.67. The van der Waals surface area contributed by atoms with Gasteiger partial charge in [-0.25, -0.2) is 0 Å². The Labute approximate surface area is 120 Å². The molecule has 1 nitrogen and oxygen atoms in total. The first-order valence-corrected chi connectivity index (χ1v) is 7.30. The highest BCUT2D eigenvalue weighted by molar-refractivity contribution is 5.35. The van der Waals surface area contributed by atoms with E-state index < -0.39 is 0 Å². The summed E-state index contributed by atoms with van der Waals surface area (Å²) in [4.78, 5) is 0. The molecule has 19 heavy (non-hydrogen) atoms. The third kappa shape index (κ3) is 7.84. The fourth-order valence-electron chi connectivity index (χ4n) is 1.63. The van der Waals surface area contributed by atoms with E-state index in [2.05, 4.69) is 52.5 Å². The second-order valence-electron chi connectivity index (χ2n) is 5.20. The maximum Gasteiger partial charge on any atom is 0.0180 e. The van der Waals surface area contributed by atoms with Crippen LogP contribution < -0.4 is 5.73 Å². The lowest BCUT2D eigenvalue weighted by Crippen LogP contribution is -2.13. The molecular formula is C18H33N.